The lowest BCUT2D eigenvalue weighted by Crippen LogP contribution is -2.22. The van der Waals surface area contributed by atoms with Gasteiger partial charge in [-0.25, -0.2) is 0 Å². The van der Waals surface area contributed by atoms with Crippen LogP contribution in [0.5, 0.6) is 0 Å². The van der Waals surface area contributed by atoms with Gasteiger partial charge in [-0.1, -0.05) is 30.3 Å². The molecule has 3 rings (SSSR count). The van der Waals surface area contributed by atoms with E-state index in [1.165, 1.54) is 18.5 Å². The minimum absolute atomic E-state index is 0.273. The smallest absolute Gasteiger partial charge is 0.105 e. The van der Waals surface area contributed by atoms with E-state index >= 15 is 0 Å². The van der Waals surface area contributed by atoms with Crippen molar-refractivity contribution >= 4 is 0 Å². The Bertz CT molecular complexity index is 318. The predicted molar refractivity (Wildman–Crippen MR) is 55.0 cm³/mol. The number of ether oxygens (including phenoxy) is 1. The maximum Gasteiger partial charge on any atom is 0.105 e. The Balaban J connectivity index is 1.63. The van der Waals surface area contributed by atoms with Crippen molar-refractivity contribution in [2.45, 2.75) is 18.6 Å². The molecule has 2 nitrogen and oxygen atoms in total. The van der Waals surface area contributed by atoms with E-state index in [0.717, 1.165) is 19.7 Å². The van der Waals surface area contributed by atoms with Crippen LogP contribution in [-0.2, 0) is 11.3 Å². The summed E-state index contributed by atoms with van der Waals surface area (Å²) in [6.45, 7) is 4.38. The highest BCUT2D eigenvalue weighted by Crippen LogP contribution is 2.37. The topological polar surface area (TPSA) is 15.8 Å². The maximum absolute atomic E-state index is 5.48. The van der Waals surface area contributed by atoms with Crippen LogP contribution in [0.25, 0.3) is 0 Å². The van der Waals surface area contributed by atoms with E-state index in [2.05, 4.69) is 35.2 Å². The fourth-order valence-corrected chi connectivity index (χ4v) is 2.24. The number of hydrogen-bond donors (Lipinski definition) is 0. The van der Waals surface area contributed by atoms with Crippen molar-refractivity contribution in [3.05, 3.63) is 35.9 Å². The lowest BCUT2D eigenvalue weighted by molar-refractivity contribution is 0.271. The van der Waals surface area contributed by atoms with E-state index in [0.29, 0.717) is 0 Å². The SMILES string of the molecule is c1ccc(CN2CCC3(CO3)C2)cc1. The molecule has 1 aromatic carbocycles. The van der Waals surface area contributed by atoms with Gasteiger partial charge in [0, 0.05) is 19.6 Å². The summed E-state index contributed by atoms with van der Waals surface area (Å²) in [5.41, 5.74) is 1.68. The second-order valence-electron chi connectivity index (χ2n) is 4.42. The molecular weight excluding hydrogens is 174 g/mol. The van der Waals surface area contributed by atoms with Gasteiger partial charge >= 0.3 is 0 Å². The van der Waals surface area contributed by atoms with Crippen molar-refractivity contribution in [2.75, 3.05) is 19.7 Å². The number of epoxide rings is 1. The van der Waals surface area contributed by atoms with Crippen molar-refractivity contribution in [3.8, 4) is 0 Å². The molecule has 2 heterocycles. The molecule has 1 spiro atoms. The molecule has 2 aliphatic rings. The Kier molecular flexibility index (Phi) is 1.85. The van der Waals surface area contributed by atoms with Crippen LogP contribution in [0.1, 0.15) is 12.0 Å². The molecule has 0 bridgehead atoms. The summed E-state index contributed by atoms with van der Waals surface area (Å²) in [4.78, 5) is 2.49. The molecule has 1 aromatic rings. The Morgan fingerprint density at radius 1 is 1.29 bits per heavy atom. The van der Waals surface area contributed by atoms with Crippen LogP contribution >= 0.6 is 0 Å². The van der Waals surface area contributed by atoms with Crippen molar-refractivity contribution in [1.29, 1.82) is 0 Å². The highest BCUT2D eigenvalue weighted by atomic mass is 16.6. The molecule has 0 radical (unpaired) electrons. The standard InChI is InChI=1S/C12H15NO/c1-2-4-11(5-3-1)8-13-7-6-12(9-13)10-14-12/h1-5H,6-10H2. The average Bonchev–Trinajstić information content (AvgIpc) is 2.84. The fraction of sp³-hybridized carbons (Fsp3) is 0.500. The maximum atomic E-state index is 5.48. The van der Waals surface area contributed by atoms with Gasteiger partial charge in [-0.05, 0) is 12.0 Å². The Morgan fingerprint density at radius 3 is 2.71 bits per heavy atom. The van der Waals surface area contributed by atoms with Gasteiger partial charge in [0.2, 0.25) is 0 Å². The molecule has 0 aliphatic carbocycles. The first-order valence-electron chi connectivity index (χ1n) is 5.27. The van der Waals surface area contributed by atoms with E-state index < -0.39 is 0 Å². The lowest BCUT2D eigenvalue weighted by Gasteiger charge is -2.14. The number of likely N-dealkylation sites (tertiary alicyclic amines) is 1. The van der Waals surface area contributed by atoms with Crippen LogP contribution in [-0.4, -0.2) is 30.2 Å². The average molecular weight is 189 g/mol. The molecule has 1 unspecified atom stereocenters. The van der Waals surface area contributed by atoms with Crippen LogP contribution in [0.4, 0.5) is 0 Å². The van der Waals surface area contributed by atoms with Gasteiger partial charge in [0.15, 0.2) is 0 Å². The summed E-state index contributed by atoms with van der Waals surface area (Å²) < 4.78 is 5.48. The van der Waals surface area contributed by atoms with Crippen LogP contribution in [0.2, 0.25) is 0 Å². The van der Waals surface area contributed by atoms with Crippen LogP contribution < -0.4 is 0 Å². The van der Waals surface area contributed by atoms with Gasteiger partial charge in [-0.15, -0.1) is 0 Å². The third-order valence-electron chi connectivity index (χ3n) is 3.20. The number of rotatable bonds is 2. The highest BCUT2D eigenvalue weighted by molar-refractivity contribution is 5.15. The zero-order chi connectivity index (χ0) is 9.43. The third-order valence-corrected chi connectivity index (χ3v) is 3.20. The Hall–Kier alpha value is -0.860. The minimum Gasteiger partial charge on any atom is -0.368 e. The molecule has 14 heavy (non-hydrogen) atoms. The lowest BCUT2D eigenvalue weighted by atomic mass is 10.1. The summed E-state index contributed by atoms with van der Waals surface area (Å²) in [6, 6.07) is 10.7. The largest absolute Gasteiger partial charge is 0.368 e. The highest BCUT2D eigenvalue weighted by Gasteiger charge is 2.49. The molecule has 2 fully saturated rings. The summed E-state index contributed by atoms with van der Waals surface area (Å²) in [5, 5.41) is 0. The Morgan fingerprint density at radius 2 is 2.07 bits per heavy atom. The third kappa shape index (κ3) is 1.56. The van der Waals surface area contributed by atoms with E-state index in [4.69, 9.17) is 4.74 Å². The van der Waals surface area contributed by atoms with E-state index in [1.54, 1.807) is 0 Å². The second-order valence-corrected chi connectivity index (χ2v) is 4.42. The van der Waals surface area contributed by atoms with Gasteiger partial charge < -0.3 is 4.74 Å². The predicted octanol–water partition coefficient (Wildman–Crippen LogP) is 1.66. The van der Waals surface area contributed by atoms with E-state index in [-0.39, 0.29) is 5.60 Å². The first-order chi connectivity index (χ1) is 6.86. The molecule has 0 aromatic heterocycles. The normalized spacial score (nSPS) is 31.1. The summed E-state index contributed by atoms with van der Waals surface area (Å²) >= 11 is 0. The molecule has 74 valence electrons. The summed E-state index contributed by atoms with van der Waals surface area (Å²) in [5.74, 6) is 0. The summed E-state index contributed by atoms with van der Waals surface area (Å²) in [6.07, 6.45) is 1.22. The summed E-state index contributed by atoms with van der Waals surface area (Å²) in [7, 11) is 0. The minimum atomic E-state index is 0.273. The van der Waals surface area contributed by atoms with Gasteiger partial charge in [-0.3, -0.25) is 4.90 Å². The first-order valence-corrected chi connectivity index (χ1v) is 5.27. The van der Waals surface area contributed by atoms with Crippen LogP contribution in [0.15, 0.2) is 30.3 Å². The molecule has 0 amide bonds. The molecule has 2 saturated heterocycles. The van der Waals surface area contributed by atoms with Crippen molar-refractivity contribution < 1.29 is 4.74 Å². The monoisotopic (exact) mass is 189 g/mol. The number of benzene rings is 1. The van der Waals surface area contributed by atoms with Crippen molar-refractivity contribution in [3.63, 3.8) is 0 Å². The van der Waals surface area contributed by atoms with Gasteiger partial charge in [0.05, 0.1) is 6.61 Å². The zero-order valence-electron chi connectivity index (χ0n) is 8.28. The molecule has 2 heteroatoms. The van der Waals surface area contributed by atoms with E-state index in [9.17, 15) is 0 Å². The van der Waals surface area contributed by atoms with Crippen molar-refractivity contribution in [2.24, 2.45) is 0 Å². The van der Waals surface area contributed by atoms with E-state index in [1.807, 2.05) is 0 Å². The van der Waals surface area contributed by atoms with Gasteiger partial charge in [-0.2, -0.15) is 0 Å². The van der Waals surface area contributed by atoms with Crippen LogP contribution in [0.3, 0.4) is 0 Å². The molecule has 0 saturated carbocycles. The van der Waals surface area contributed by atoms with Gasteiger partial charge in [0.1, 0.15) is 5.60 Å². The number of nitrogens with zero attached hydrogens (tertiary/aromatic N) is 1. The van der Waals surface area contributed by atoms with Gasteiger partial charge in [0.25, 0.3) is 0 Å². The van der Waals surface area contributed by atoms with Crippen LogP contribution in [0, 0.1) is 0 Å². The van der Waals surface area contributed by atoms with Crippen molar-refractivity contribution in [1.82, 2.24) is 4.90 Å². The molecule has 0 N–H and O–H groups in total. The molecular formula is C12H15NO. The second kappa shape index (κ2) is 3.07. The molecule has 2 aliphatic heterocycles. The number of hydrogen-bond acceptors (Lipinski definition) is 2. The quantitative estimate of drug-likeness (QED) is 0.658. The zero-order valence-corrected chi connectivity index (χ0v) is 8.28. The molecule has 1 atom stereocenters. The Labute approximate surface area is 84.5 Å². The fourth-order valence-electron chi connectivity index (χ4n) is 2.24. The first kappa shape index (κ1) is 8.45.